The third-order valence-corrected chi connectivity index (χ3v) is 4.29. The number of hydrogen-bond donors (Lipinski definition) is 2. The molecule has 2 nitrogen and oxygen atoms in total. The van der Waals surface area contributed by atoms with Gasteiger partial charge >= 0.3 is 0 Å². The lowest BCUT2D eigenvalue weighted by atomic mass is 9.75. The van der Waals surface area contributed by atoms with Gasteiger partial charge in [0.1, 0.15) is 0 Å². The topological polar surface area (TPSA) is 38.0 Å². The van der Waals surface area contributed by atoms with Crippen LogP contribution in [-0.4, -0.2) is 12.1 Å². The molecule has 104 valence electrons. The van der Waals surface area contributed by atoms with E-state index in [0.717, 1.165) is 13.0 Å². The first kappa shape index (κ1) is 13.2. The first-order valence-corrected chi connectivity index (χ1v) is 7.43. The zero-order valence-electron chi connectivity index (χ0n) is 11.8. The number of nitrogens with two attached hydrogens (primary N) is 1. The molecule has 0 aliphatic heterocycles. The number of benzene rings is 2. The molecule has 0 heterocycles. The van der Waals surface area contributed by atoms with Gasteiger partial charge in [0.05, 0.1) is 0 Å². The van der Waals surface area contributed by atoms with Gasteiger partial charge < -0.3 is 11.1 Å². The third kappa shape index (κ3) is 3.02. The van der Waals surface area contributed by atoms with Gasteiger partial charge in [-0.3, -0.25) is 0 Å². The Hall–Kier alpha value is -1.80. The minimum absolute atomic E-state index is 0.108. The molecule has 1 fully saturated rings. The lowest BCUT2D eigenvalue weighted by Gasteiger charge is -2.38. The van der Waals surface area contributed by atoms with Gasteiger partial charge in [-0.25, -0.2) is 0 Å². The SMILES string of the molecule is NC1(CCNc2ccc(-c3ccccc3)cc2)CCC1. The van der Waals surface area contributed by atoms with Crippen molar-refractivity contribution in [1.29, 1.82) is 0 Å². The summed E-state index contributed by atoms with van der Waals surface area (Å²) >= 11 is 0. The largest absolute Gasteiger partial charge is 0.385 e. The van der Waals surface area contributed by atoms with Gasteiger partial charge in [0, 0.05) is 17.8 Å². The van der Waals surface area contributed by atoms with Crippen LogP contribution in [0.5, 0.6) is 0 Å². The van der Waals surface area contributed by atoms with E-state index in [1.54, 1.807) is 0 Å². The van der Waals surface area contributed by atoms with Crippen molar-refractivity contribution in [3.63, 3.8) is 0 Å². The number of rotatable bonds is 5. The Kier molecular flexibility index (Phi) is 3.75. The predicted molar refractivity (Wildman–Crippen MR) is 85.8 cm³/mol. The Morgan fingerprint density at radius 1 is 0.900 bits per heavy atom. The van der Waals surface area contributed by atoms with Crippen LogP contribution in [0.2, 0.25) is 0 Å². The molecule has 1 saturated carbocycles. The number of anilines is 1. The van der Waals surface area contributed by atoms with E-state index >= 15 is 0 Å². The number of hydrogen-bond acceptors (Lipinski definition) is 2. The Morgan fingerprint density at radius 3 is 2.15 bits per heavy atom. The average Bonchev–Trinajstić information content (AvgIpc) is 2.47. The standard InChI is InChI=1S/C18H22N2/c19-18(11-4-12-18)13-14-20-17-9-7-16(8-10-17)15-5-2-1-3-6-15/h1-3,5-10,20H,4,11-14,19H2. The fourth-order valence-corrected chi connectivity index (χ4v) is 2.75. The highest BCUT2D eigenvalue weighted by Crippen LogP contribution is 2.32. The molecular weight excluding hydrogens is 244 g/mol. The third-order valence-electron chi connectivity index (χ3n) is 4.29. The fourth-order valence-electron chi connectivity index (χ4n) is 2.75. The van der Waals surface area contributed by atoms with Gasteiger partial charge in [0.2, 0.25) is 0 Å². The smallest absolute Gasteiger partial charge is 0.0340 e. The monoisotopic (exact) mass is 266 g/mol. The minimum atomic E-state index is 0.108. The Morgan fingerprint density at radius 2 is 1.55 bits per heavy atom. The molecule has 0 atom stereocenters. The van der Waals surface area contributed by atoms with Crippen LogP contribution in [0.1, 0.15) is 25.7 Å². The summed E-state index contributed by atoms with van der Waals surface area (Å²) in [5.41, 5.74) is 10.0. The van der Waals surface area contributed by atoms with Crippen molar-refractivity contribution in [2.45, 2.75) is 31.2 Å². The summed E-state index contributed by atoms with van der Waals surface area (Å²) in [6, 6.07) is 19.1. The van der Waals surface area contributed by atoms with E-state index in [-0.39, 0.29) is 5.54 Å². The van der Waals surface area contributed by atoms with E-state index in [0.29, 0.717) is 0 Å². The highest BCUT2D eigenvalue weighted by Gasteiger charge is 2.31. The molecule has 0 saturated heterocycles. The van der Waals surface area contributed by atoms with Crippen molar-refractivity contribution in [2.24, 2.45) is 5.73 Å². The highest BCUT2D eigenvalue weighted by atomic mass is 14.9. The van der Waals surface area contributed by atoms with Crippen molar-refractivity contribution in [3.8, 4) is 11.1 Å². The quantitative estimate of drug-likeness (QED) is 0.857. The molecule has 2 aromatic rings. The highest BCUT2D eigenvalue weighted by molar-refractivity contribution is 5.65. The summed E-state index contributed by atoms with van der Waals surface area (Å²) in [4.78, 5) is 0. The van der Waals surface area contributed by atoms with Gasteiger partial charge in [-0.2, -0.15) is 0 Å². The Bertz CT molecular complexity index is 541. The van der Waals surface area contributed by atoms with Crippen LogP contribution in [0.15, 0.2) is 54.6 Å². The molecule has 2 aromatic carbocycles. The van der Waals surface area contributed by atoms with Crippen LogP contribution in [-0.2, 0) is 0 Å². The second-order valence-corrected chi connectivity index (χ2v) is 5.84. The molecule has 1 aliphatic carbocycles. The van der Waals surface area contributed by atoms with Crippen molar-refractivity contribution in [1.82, 2.24) is 0 Å². The molecule has 0 spiro atoms. The van der Waals surface area contributed by atoms with E-state index in [1.165, 1.54) is 36.1 Å². The predicted octanol–water partition coefficient (Wildman–Crippen LogP) is 4.04. The normalized spacial score (nSPS) is 16.4. The van der Waals surface area contributed by atoms with Crippen LogP contribution < -0.4 is 11.1 Å². The van der Waals surface area contributed by atoms with Gasteiger partial charge in [0.15, 0.2) is 0 Å². The van der Waals surface area contributed by atoms with E-state index in [9.17, 15) is 0 Å². The minimum Gasteiger partial charge on any atom is -0.385 e. The molecule has 20 heavy (non-hydrogen) atoms. The van der Waals surface area contributed by atoms with Gasteiger partial charge in [-0.15, -0.1) is 0 Å². The summed E-state index contributed by atoms with van der Waals surface area (Å²) in [6.45, 7) is 0.960. The van der Waals surface area contributed by atoms with Crippen LogP contribution in [0.25, 0.3) is 11.1 Å². The molecule has 0 bridgehead atoms. The van der Waals surface area contributed by atoms with Crippen molar-refractivity contribution in [2.75, 3.05) is 11.9 Å². The fraction of sp³-hybridized carbons (Fsp3) is 0.333. The molecular formula is C18H22N2. The van der Waals surface area contributed by atoms with Crippen molar-refractivity contribution >= 4 is 5.69 Å². The zero-order chi connectivity index (χ0) is 13.8. The second-order valence-electron chi connectivity index (χ2n) is 5.84. The molecule has 3 N–H and O–H groups in total. The van der Waals surface area contributed by atoms with Crippen molar-refractivity contribution in [3.05, 3.63) is 54.6 Å². The van der Waals surface area contributed by atoms with Crippen LogP contribution in [0, 0.1) is 0 Å². The zero-order valence-corrected chi connectivity index (χ0v) is 11.8. The molecule has 0 radical (unpaired) electrons. The van der Waals surface area contributed by atoms with E-state index in [4.69, 9.17) is 5.73 Å². The van der Waals surface area contributed by atoms with Gasteiger partial charge in [-0.05, 0) is 48.9 Å². The first-order chi connectivity index (χ1) is 9.75. The molecule has 0 unspecified atom stereocenters. The molecule has 0 amide bonds. The van der Waals surface area contributed by atoms with E-state index in [2.05, 4.69) is 53.8 Å². The van der Waals surface area contributed by atoms with Crippen LogP contribution in [0.3, 0.4) is 0 Å². The summed E-state index contributed by atoms with van der Waals surface area (Å²) < 4.78 is 0. The summed E-state index contributed by atoms with van der Waals surface area (Å²) in [6.07, 6.45) is 4.72. The molecule has 1 aliphatic rings. The van der Waals surface area contributed by atoms with Crippen LogP contribution in [0.4, 0.5) is 5.69 Å². The maximum Gasteiger partial charge on any atom is 0.0340 e. The maximum atomic E-state index is 6.23. The average molecular weight is 266 g/mol. The van der Waals surface area contributed by atoms with Gasteiger partial charge in [-0.1, -0.05) is 42.5 Å². The second kappa shape index (κ2) is 5.68. The van der Waals surface area contributed by atoms with E-state index < -0.39 is 0 Å². The number of nitrogens with one attached hydrogen (secondary N) is 1. The molecule has 2 heteroatoms. The van der Waals surface area contributed by atoms with Crippen molar-refractivity contribution < 1.29 is 0 Å². The van der Waals surface area contributed by atoms with E-state index in [1.807, 2.05) is 6.07 Å². The Balaban J connectivity index is 1.56. The first-order valence-electron chi connectivity index (χ1n) is 7.43. The molecule has 3 rings (SSSR count). The lowest BCUT2D eigenvalue weighted by molar-refractivity contribution is 0.237. The summed E-state index contributed by atoms with van der Waals surface area (Å²) in [7, 11) is 0. The molecule has 0 aromatic heterocycles. The summed E-state index contributed by atoms with van der Waals surface area (Å²) in [5, 5.41) is 3.47. The van der Waals surface area contributed by atoms with Gasteiger partial charge in [0.25, 0.3) is 0 Å². The van der Waals surface area contributed by atoms with Crippen LogP contribution >= 0.6 is 0 Å². The maximum absolute atomic E-state index is 6.23. The summed E-state index contributed by atoms with van der Waals surface area (Å²) in [5.74, 6) is 0. The Labute approximate surface area is 121 Å². The lowest BCUT2D eigenvalue weighted by Crippen LogP contribution is -2.47.